The van der Waals surface area contributed by atoms with E-state index in [2.05, 4.69) is 20.4 Å². The maximum absolute atomic E-state index is 12.9. The summed E-state index contributed by atoms with van der Waals surface area (Å²) in [7, 11) is 3.16. The first-order valence-corrected chi connectivity index (χ1v) is 9.74. The van der Waals surface area contributed by atoms with E-state index < -0.39 is 0 Å². The van der Waals surface area contributed by atoms with Gasteiger partial charge in [0.25, 0.3) is 0 Å². The number of nitrogens with zero attached hydrogens (tertiary/aromatic N) is 4. The van der Waals surface area contributed by atoms with E-state index in [-0.39, 0.29) is 11.8 Å². The van der Waals surface area contributed by atoms with Gasteiger partial charge in [0.05, 0.1) is 25.2 Å². The minimum absolute atomic E-state index is 0.0446. The number of pyridine rings is 1. The number of methoxy groups -OCH3 is 2. The summed E-state index contributed by atoms with van der Waals surface area (Å²) >= 11 is 6.13. The van der Waals surface area contributed by atoms with Crippen LogP contribution < -0.4 is 19.7 Å². The highest BCUT2D eigenvalue weighted by atomic mass is 35.5. The highest BCUT2D eigenvalue weighted by Crippen LogP contribution is 2.28. The van der Waals surface area contributed by atoms with Crippen LogP contribution in [0.5, 0.6) is 11.5 Å². The molecule has 152 valence electrons. The van der Waals surface area contributed by atoms with Gasteiger partial charge in [0.1, 0.15) is 11.5 Å². The van der Waals surface area contributed by atoms with Gasteiger partial charge < -0.3 is 19.7 Å². The van der Waals surface area contributed by atoms with E-state index in [1.54, 1.807) is 44.7 Å². The third kappa shape index (κ3) is 4.07. The number of nitrogens with one attached hydrogen (secondary N) is 1. The molecular weight excluding hydrogens is 394 g/mol. The Labute approximate surface area is 173 Å². The van der Waals surface area contributed by atoms with Crippen LogP contribution in [0.3, 0.4) is 0 Å². The van der Waals surface area contributed by atoms with Crippen molar-refractivity contribution in [3.8, 4) is 11.5 Å². The maximum atomic E-state index is 12.9. The van der Waals surface area contributed by atoms with Crippen LogP contribution in [0.25, 0.3) is 5.65 Å². The molecular formula is C20H22ClN5O3. The summed E-state index contributed by atoms with van der Waals surface area (Å²) in [5, 5.41) is 12.1. The Morgan fingerprint density at radius 1 is 1.17 bits per heavy atom. The van der Waals surface area contributed by atoms with Gasteiger partial charge in [-0.3, -0.25) is 9.20 Å². The Bertz CT molecular complexity index is 1020. The SMILES string of the molecule is COc1cc(NC(=O)C2CCCN(c3nnc4ccc(Cl)cn34)C2)cc(OC)c1. The van der Waals surface area contributed by atoms with Gasteiger partial charge in [-0.25, -0.2) is 0 Å². The number of hydrogen-bond donors (Lipinski definition) is 1. The van der Waals surface area contributed by atoms with E-state index in [1.165, 1.54) is 0 Å². The summed E-state index contributed by atoms with van der Waals surface area (Å²) in [5.74, 6) is 1.72. The topological polar surface area (TPSA) is 81.0 Å². The number of fused-ring (bicyclic) bond motifs is 1. The average molecular weight is 416 g/mol. The van der Waals surface area contributed by atoms with Crippen molar-refractivity contribution in [2.75, 3.05) is 37.5 Å². The molecule has 9 heteroatoms. The lowest BCUT2D eigenvalue weighted by molar-refractivity contribution is -0.120. The maximum Gasteiger partial charge on any atom is 0.231 e. The third-order valence-corrected chi connectivity index (χ3v) is 5.27. The molecule has 1 aromatic carbocycles. The Kier molecular flexibility index (Phi) is 5.44. The van der Waals surface area contributed by atoms with Crippen molar-refractivity contribution in [3.05, 3.63) is 41.6 Å². The van der Waals surface area contributed by atoms with Gasteiger partial charge in [0, 0.05) is 43.2 Å². The summed E-state index contributed by atoms with van der Waals surface area (Å²) in [4.78, 5) is 15.0. The number of rotatable bonds is 5. The second kappa shape index (κ2) is 8.16. The Hall–Kier alpha value is -3.00. The lowest BCUT2D eigenvalue weighted by atomic mass is 9.97. The molecule has 0 radical (unpaired) electrons. The number of ether oxygens (including phenoxy) is 2. The Morgan fingerprint density at radius 2 is 1.93 bits per heavy atom. The number of carbonyl (C=O) groups excluding carboxylic acids is 1. The molecule has 8 nitrogen and oxygen atoms in total. The molecule has 0 saturated carbocycles. The van der Waals surface area contributed by atoms with Crippen molar-refractivity contribution in [2.24, 2.45) is 5.92 Å². The highest BCUT2D eigenvalue weighted by molar-refractivity contribution is 6.30. The van der Waals surface area contributed by atoms with E-state index in [1.807, 2.05) is 10.5 Å². The number of hydrogen-bond acceptors (Lipinski definition) is 6. The van der Waals surface area contributed by atoms with Crippen molar-refractivity contribution in [1.82, 2.24) is 14.6 Å². The summed E-state index contributed by atoms with van der Waals surface area (Å²) in [6.45, 7) is 1.37. The van der Waals surface area contributed by atoms with E-state index in [4.69, 9.17) is 21.1 Å². The molecule has 1 aliphatic rings. The third-order valence-electron chi connectivity index (χ3n) is 5.04. The van der Waals surface area contributed by atoms with Crippen LogP contribution in [-0.4, -0.2) is 47.8 Å². The fourth-order valence-corrected chi connectivity index (χ4v) is 3.73. The molecule has 0 bridgehead atoms. The monoisotopic (exact) mass is 415 g/mol. The minimum Gasteiger partial charge on any atom is -0.497 e. The first-order chi connectivity index (χ1) is 14.1. The molecule has 0 spiro atoms. The fraction of sp³-hybridized carbons (Fsp3) is 0.350. The van der Waals surface area contributed by atoms with Gasteiger partial charge >= 0.3 is 0 Å². The lowest BCUT2D eigenvalue weighted by Gasteiger charge is -2.32. The molecule has 0 aliphatic carbocycles. The molecule has 1 fully saturated rings. The number of aromatic nitrogens is 3. The number of piperidine rings is 1. The molecule has 1 N–H and O–H groups in total. The van der Waals surface area contributed by atoms with Gasteiger partial charge in [-0.1, -0.05) is 11.6 Å². The quantitative estimate of drug-likeness (QED) is 0.688. The highest BCUT2D eigenvalue weighted by Gasteiger charge is 2.28. The second-order valence-corrected chi connectivity index (χ2v) is 7.39. The van der Waals surface area contributed by atoms with Gasteiger partial charge in [0.15, 0.2) is 5.65 Å². The predicted molar refractivity (Wildman–Crippen MR) is 111 cm³/mol. The van der Waals surface area contributed by atoms with Crippen LogP contribution in [0.4, 0.5) is 11.6 Å². The summed E-state index contributed by atoms with van der Waals surface area (Å²) in [6.07, 6.45) is 3.48. The molecule has 1 saturated heterocycles. The number of amides is 1. The minimum atomic E-state index is -0.174. The number of benzene rings is 1. The van der Waals surface area contributed by atoms with E-state index in [0.29, 0.717) is 34.7 Å². The zero-order valence-corrected chi connectivity index (χ0v) is 17.0. The van der Waals surface area contributed by atoms with Crippen LogP contribution in [0, 0.1) is 5.92 Å². The summed E-state index contributed by atoms with van der Waals surface area (Å²) in [6, 6.07) is 8.91. The molecule has 4 rings (SSSR count). The summed E-state index contributed by atoms with van der Waals surface area (Å²) in [5.41, 5.74) is 1.36. The van der Waals surface area contributed by atoms with Crippen LogP contribution in [0.2, 0.25) is 5.02 Å². The molecule has 1 amide bonds. The van der Waals surface area contributed by atoms with Gasteiger partial charge in [-0.05, 0) is 25.0 Å². The van der Waals surface area contributed by atoms with Crippen LogP contribution >= 0.6 is 11.6 Å². The Balaban J connectivity index is 1.51. The van der Waals surface area contributed by atoms with Crippen molar-refractivity contribution in [1.29, 1.82) is 0 Å². The molecule has 1 unspecified atom stereocenters. The molecule has 2 aromatic heterocycles. The van der Waals surface area contributed by atoms with Gasteiger partial charge in [0.2, 0.25) is 11.9 Å². The van der Waals surface area contributed by atoms with E-state index in [9.17, 15) is 4.79 Å². The number of halogens is 1. The molecule has 1 aliphatic heterocycles. The zero-order valence-electron chi connectivity index (χ0n) is 16.3. The van der Waals surface area contributed by atoms with Gasteiger partial charge in [-0.15, -0.1) is 10.2 Å². The van der Waals surface area contributed by atoms with Crippen LogP contribution in [0.1, 0.15) is 12.8 Å². The average Bonchev–Trinajstić information content (AvgIpc) is 3.16. The molecule has 3 aromatic rings. The largest absolute Gasteiger partial charge is 0.497 e. The first-order valence-electron chi connectivity index (χ1n) is 9.36. The van der Waals surface area contributed by atoms with Crippen LogP contribution in [0.15, 0.2) is 36.5 Å². The van der Waals surface area contributed by atoms with Crippen molar-refractivity contribution in [3.63, 3.8) is 0 Å². The molecule has 1 atom stereocenters. The normalized spacial score (nSPS) is 16.7. The van der Waals surface area contributed by atoms with Crippen LogP contribution in [-0.2, 0) is 4.79 Å². The first kappa shape index (κ1) is 19.3. The summed E-state index contributed by atoms with van der Waals surface area (Å²) < 4.78 is 12.4. The lowest BCUT2D eigenvalue weighted by Crippen LogP contribution is -2.41. The van der Waals surface area contributed by atoms with Gasteiger partial charge in [-0.2, -0.15) is 0 Å². The van der Waals surface area contributed by atoms with E-state index >= 15 is 0 Å². The fourth-order valence-electron chi connectivity index (χ4n) is 3.57. The molecule has 29 heavy (non-hydrogen) atoms. The molecule has 3 heterocycles. The van der Waals surface area contributed by atoms with Crippen molar-refractivity contribution < 1.29 is 14.3 Å². The Morgan fingerprint density at radius 3 is 2.66 bits per heavy atom. The number of anilines is 2. The number of carbonyl (C=O) groups is 1. The smallest absolute Gasteiger partial charge is 0.231 e. The second-order valence-electron chi connectivity index (χ2n) is 6.95. The van der Waals surface area contributed by atoms with E-state index in [0.717, 1.165) is 25.0 Å². The van der Waals surface area contributed by atoms with Crippen molar-refractivity contribution >= 4 is 34.8 Å². The zero-order chi connectivity index (χ0) is 20.4. The standard InChI is InChI=1S/C20H22ClN5O3/c1-28-16-8-15(9-17(10-16)29-2)22-19(27)13-4-3-7-25(11-13)20-24-23-18-6-5-14(21)12-26(18)20/h5-6,8-10,12-13H,3-4,7,11H2,1-2H3,(H,22,27). The van der Waals surface area contributed by atoms with Crippen molar-refractivity contribution in [2.45, 2.75) is 12.8 Å². The predicted octanol–water partition coefficient (Wildman–Crippen LogP) is 3.26.